The Labute approximate surface area is 128 Å². The molecule has 0 spiro atoms. The van der Waals surface area contributed by atoms with Crippen molar-refractivity contribution >= 4 is 23.2 Å². The van der Waals surface area contributed by atoms with Crippen LogP contribution >= 0.6 is 11.6 Å². The Morgan fingerprint density at radius 3 is 2.71 bits per heavy atom. The Bertz CT molecular complexity index is 559. The van der Waals surface area contributed by atoms with Crippen molar-refractivity contribution in [3.63, 3.8) is 0 Å². The van der Waals surface area contributed by atoms with E-state index in [4.69, 9.17) is 11.6 Å². The summed E-state index contributed by atoms with van der Waals surface area (Å²) >= 11 is 6.05. The smallest absolute Gasteiger partial charge is 0.224 e. The molecule has 1 aliphatic rings. The molecule has 1 aliphatic heterocycles. The summed E-state index contributed by atoms with van der Waals surface area (Å²) in [5, 5.41) is 12.9. The van der Waals surface area contributed by atoms with Crippen LogP contribution in [0.2, 0.25) is 5.02 Å². The van der Waals surface area contributed by atoms with Gasteiger partial charge in [0.15, 0.2) is 0 Å². The molecule has 6 heteroatoms. The molecule has 21 heavy (non-hydrogen) atoms. The summed E-state index contributed by atoms with van der Waals surface area (Å²) in [6, 6.07) is 6.60. The topological polar surface area (TPSA) is 56.1 Å². The molecule has 1 fully saturated rings. The van der Waals surface area contributed by atoms with Gasteiger partial charge in [-0.05, 0) is 38.1 Å². The van der Waals surface area contributed by atoms with Gasteiger partial charge in [0.2, 0.25) is 5.91 Å². The summed E-state index contributed by atoms with van der Waals surface area (Å²) in [4.78, 5) is 13.2. The molecule has 112 valence electrons. The highest BCUT2D eigenvalue weighted by molar-refractivity contribution is 6.33. The van der Waals surface area contributed by atoms with Crippen LogP contribution < -0.4 is 10.2 Å². The average molecular weight is 310 g/mol. The van der Waals surface area contributed by atoms with Gasteiger partial charge in [-0.1, -0.05) is 17.7 Å². The highest BCUT2D eigenvalue weighted by Gasteiger charge is 2.36. The molecule has 1 saturated heterocycles. The SMILES string of the molecule is CC(=O)N(CC1(C#N)CCNCC1)c1c(F)cccc1Cl. The second kappa shape index (κ2) is 6.42. The van der Waals surface area contributed by atoms with E-state index in [1.165, 1.54) is 30.0 Å². The fraction of sp³-hybridized carbons (Fsp3) is 0.467. The third-order valence-corrected chi connectivity index (χ3v) is 4.15. The number of carbonyl (C=O) groups is 1. The zero-order valence-corrected chi connectivity index (χ0v) is 12.6. The second-order valence-corrected chi connectivity index (χ2v) is 5.72. The summed E-state index contributed by atoms with van der Waals surface area (Å²) in [6.07, 6.45) is 1.25. The van der Waals surface area contributed by atoms with Crippen molar-refractivity contribution in [2.45, 2.75) is 19.8 Å². The molecule has 4 nitrogen and oxygen atoms in total. The molecule has 0 unspecified atom stereocenters. The van der Waals surface area contributed by atoms with E-state index in [1.54, 1.807) is 0 Å². The minimum atomic E-state index is -0.664. The fourth-order valence-electron chi connectivity index (χ4n) is 2.61. The van der Waals surface area contributed by atoms with Crippen LogP contribution in [-0.4, -0.2) is 25.5 Å². The number of para-hydroxylation sites is 1. The van der Waals surface area contributed by atoms with Crippen molar-refractivity contribution in [3.05, 3.63) is 29.0 Å². The van der Waals surface area contributed by atoms with Crippen molar-refractivity contribution in [2.75, 3.05) is 24.5 Å². The van der Waals surface area contributed by atoms with Gasteiger partial charge in [0, 0.05) is 13.5 Å². The summed E-state index contributed by atoms with van der Waals surface area (Å²) in [6.45, 7) is 2.94. The molecule has 1 amide bonds. The van der Waals surface area contributed by atoms with Gasteiger partial charge in [-0.3, -0.25) is 4.79 Å². The van der Waals surface area contributed by atoms with Crippen LogP contribution in [0.5, 0.6) is 0 Å². The van der Waals surface area contributed by atoms with E-state index in [9.17, 15) is 14.4 Å². The van der Waals surface area contributed by atoms with Crippen LogP contribution in [0.1, 0.15) is 19.8 Å². The molecular weight excluding hydrogens is 293 g/mol. The maximum atomic E-state index is 14.1. The lowest BCUT2D eigenvalue weighted by Crippen LogP contribution is -2.46. The molecule has 1 aromatic rings. The maximum absolute atomic E-state index is 14.1. The standard InChI is InChI=1S/C15H17ClFN3O/c1-11(21)20(14-12(16)3-2-4-13(14)17)10-15(9-18)5-7-19-8-6-15/h2-4,19H,5-8,10H2,1H3. The van der Waals surface area contributed by atoms with Crippen LogP contribution in [0.4, 0.5) is 10.1 Å². The fourth-order valence-corrected chi connectivity index (χ4v) is 2.87. The first-order valence-corrected chi connectivity index (χ1v) is 7.21. The number of anilines is 1. The van der Waals surface area contributed by atoms with Crippen LogP contribution in [0, 0.1) is 22.6 Å². The van der Waals surface area contributed by atoms with Crippen LogP contribution in [0.25, 0.3) is 0 Å². The van der Waals surface area contributed by atoms with E-state index in [-0.39, 0.29) is 23.2 Å². The Hall–Kier alpha value is -1.64. The molecule has 1 heterocycles. The number of hydrogen-bond donors (Lipinski definition) is 1. The highest BCUT2D eigenvalue weighted by Crippen LogP contribution is 2.35. The lowest BCUT2D eigenvalue weighted by atomic mass is 9.79. The molecule has 0 radical (unpaired) electrons. The molecule has 1 aromatic carbocycles. The molecule has 2 rings (SSSR count). The first kappa shape index (κ1) is 15.7. The van der Waals surface area contributed by atoms with E-state index >= 15 is 0 Å². The van der Waals surface area contributed by atoms with E-state index in [2.05, 4.69) is 11.4 Å². The minimum Gasteiger partial charge on any atom is -0.317 e. The molecule has 1 N–H and O–H groups in total. The van der Waals surface area contributed by atoms with Crippen LogP contribution in [-0.2, 0) is 4.79 Å². The van der Waals surface area contributed by atoms with Gasteiger partial charge in [-0.2, -0.15) is 5.26 Å². The quantitative estimate of drug-likeness (QED) is 0.934. The molecule has 0 saturated carbocycles. The number of piperidine rings is 1. The summed E-state index contributed by atoms with van der Waals surface area (Å²) in [5.41, 5.74) is -0.609. The summed E-state index contributed by atoms with van der Waals surface area (Å²) in [7, 11) is 0. The maximum Gasteiger partial charge on any atom is 0.224 e. The summed E-state index contributed by atoms with van der Waals surface area (Å²) in [5.74, 6) is -0.880. The molecule has 0 aliphatic carbocycles. The number of amides is 1. The van der Waals surface area contributed by atoms with Crippen molar-refractivity contribution < 1.29 is 9.18 Å². The van der Waals surface area contributed by atoms with Gasteiger partial charge in [-0.25, -0.2) is 4.39 Å². The molecule has 0 bridgehead atoms. The van der Waals surface area contributed by atoms with Crippen molar-refractivity contribution in [1.82, 2.24) is 5.32 Å². The Morgan fingerprint density at radius 2 is 2.19 bits per heavy atom. The largest absolute Gasteiger partial charge is 0.317 e. The third-order valence-electron chi connectivity index (χ3n) is 3.85. The van der Waals surface area contributed by atoms with Crippen molar-refractivity contribution in [1.29, 1.82) is 5.26 Å². The van der Waals surface area contributed by atoms with Crippen molar-refractivity contribution in [3.8, 4) is 6.07 Å². The monoisotopic (exact) mass is 309 g/mol. The molecular formula is C15H17ClFN3O. The molecule has 0 atom stereocenters. The van der Waals surface area contributed by atoms with Crippen molar-refractivity contribution in [2.24, 2.45) is 5.41 Å². The van der Waals surface area contributed by atoms with Crippen LogP contribution in [0.3, 0.4) is 0 Å². The van der Waals surface area contributed by atoms with E-state index < -0.39 is 11.2 Å². The normalized spacial score (nSPS) is 17.0. The number of halogens is 2. The van der Waals surface area contributed by atoms with E-state index in [1.807, 2.05) is 0 Å². The zero-order chi connectivity index (χ0) is 15.5. The van der Waals surface area contributed by atoms with Gasteiger partial charge < -0.3 is 10.2 Å². The summed E-state index contributed by atoms with van der Waals surface area (Å²) < 4.78 is 14.1. The number of nitrogens with zero attached hydrogens (tertiary/aromatic N) is 2. The van der Waals surface area contributed by atoms with Gasteiger partial charge in [0.25, 0.3) is 0 Å². The number of hydrogen-bond acceptors (Lipinski definition) is 3. The lowest BCUT2D eigenvalue weighted by molar-refractivity contribution is -0.116. The van der Waals surface area contributed by atoms with Gasteiger partial charge >= 0.3 is 0 Å². The minimum absolute atomic E-state index is 0.0554. The van der Waals surface area contributed by atoms with Gasteiger partial charge in [0.1, 0.15) is 5.82 Å². The number of nitriles is 1. The van der Waals surface area contributed by atoms with Gasteiger partial charge in [0.05, 0.1) is 22.2 Å². The number of carbonyl (C=O) groups excluding carboxylic acids is 1. The number of nitrogens with one attached hydrogen (secondary N) is 1. The average Bonchev–Trinajstić information content (AvgIpc) is 2.47. The predicted octanol–water partition coefficient (Wildman–Crippen LogP) is 2.73. The first-order chi connectivity index (χ1) is 9.99. The van der Waals surface area contributed by atoms with E-state index in [0.717, 1.165) is 0 Å². The zero-order valence-electron chi connectivity index (χ0n) is 11.8. The third kappa shape index (κ3) is 3.34. The number of rotatable bonds is 3. The first-order valence-electron chi connectivity index (χ1n) is 6.83. The number of benzene rings is 1. The lowest BCUT2D eigenvalue weighted by Gasteiger charge is -2.36. The predicted molar refractivity (Wildman–Crippen MR) is 79.6 cm³/mol. The Morgan fingerprint density at radius 1 is 1.52 bits per heavy atom. The highest BCUT2D eigenvalue weighted by atomic mass is 35.5. The van der Waals surface area contributed by atoms with E-state index in [0.29, 0.717) is 25.9 Å². The van der Waals surface area contributed by atoms with Gasteiger partial charge in [-0.15, -0.1) is 0 Å². The van der Waals surface area contributed by atoms with Crippen LogP contribution in [0.15, 0.2) is 18.2 Å². The second-order valence-electron chi connectivity index (χ2n) is 5.32. The Balaban J connectivity index is 2.36. The molecule has 0 aromatic heterocycles. The Kier molecular flexibility index (Phi) is 4.81.